The average molecular weight is 968 g/mol. The minimum atomic E-state index is -1.21. The van der Waals surface area contributed by atoms with Gasteiger partial charge in [-0.3, -0.25) is 24.4 Å². The molecule has 6 atom stereocenters. The molecule has 0 spiro atoms. The van der Waals surface area contributed by atoms with Gasteiger partial charge in [0.05, 0.1) is 41.4 Å². The van der Waals surface area contributed by atoms with Crippen molar-refractivity contribution >= 4 is 64.1 Å². The molecule has 2 aromatic heterocycles. The number of piperazine rings is 1. The highest BCUT2D eigenvalue weighted by atomic mass is 32.1. The summed E-state index contributed by atoms with van der Waals surface area (Å²) in [5.41, 5.74) is 7.96. The summed E-state index contributed by atoms with van der Waals surface area (Å²) >= 11 is 1.40. The maximum absolute atomic E-state index is 14.8. The molecule has 374 valence electrons. The first-order valence-electron chi connectivity index (χ1n) is 24.2. The smallest absolute Gasteiger partial charge is 0.321 e. The number of carbonyl (C=O) groups is 5. The maximum atomic E-state index is 14.8. The van der Waals surface area contributed by atoms with Crippen LogP contribution in [0.2, 0.25) is 0 Å². The Balaban J connectivity index is 1.43. The van der Waals surface area contributed by atoms with Crippen molar-refractivity contribution in [2.45, 2.75) is 130 Å². The number of methoxy groups -OCH3 is 1. The fraction of sp³-hybridized carbons (Fsp3) is 0.558. The normalized spacial score (nSPS) is 23.6. The van der Waals surface area contributed by atoms with Gasteiger partial charge in [-0.05, 0) is 89.0 Å². The molecule has 2 fully saturated rings. The van der Waals surface area contributed by atoms with Crippen LogP contribution in [0.25, 0.3) is 27.7 Å². The number of nitrogens with zero attached hydrogens (tertiary/aromatic N) is 7. The van der Waals surface area contributed by atoms with E-state index < -0.39 is 34.9 Å². The molecule has 17 heteroatoms. The number of hydrazine groups is 1. The Morgan fingerprint density at radius 2 is 1.84 bits per heavy atom. The van der Waals surface area contributed by atoms with E-state index in [1.165, 1.54) is 27.3 Å². The molecule has 2 saturated heterocycles. The number of ether oxygens (including phenoxy) is 2. The summed E-state index contributed by atoms with van der Waals surface area (Å²) in [6.45, 7) is 27.6. The molecule has 0 unspecified atom stereocenters. The van der Waals surface area contributed by atoms with E-state index in [0.29, 0.717) is 57.1 Å². The van der Waals surface area contributed by atoms with Crippen molar-refractivity contribution in [3.63, 3.8) is 0 Å². The van der Waals surface area contributed by atoms with E-state index in [-0.39, 0.29) is 49.1 Å². The van der Waals surface area contributed by atoms with Crippen LogP contribution >= 0.6 is 11.3 Å². The molecule has 69 heavy (non-hydrogen) atoms. The fourth-order valence-corrected chi connectivity index (χ4v) is 11.2. The summed E-state index contributed by atoms with van der Waals surface area (Å²) in [7, 11) is 3.27. The van der Waals surface area contributed by atoms with Crippen molar-refractivity contribution < 1.29 is 33.4 Å². The summed E-state index contributed by atoms with van der Waals surface area (Å²) in [6, 6.07) is 3.27. The van der Waals surface area contributed by atoms with E-state index in [4.69, 9.17) is 19.5 Å². The predicted molar refractivity (Wildman–Crippen MR) is 273 cm³/mol. The van der Waals surface area contributed by atoms with E-state index in [9.17, 15) is 24.0 Å². The third-order valence-corrected chi connectivity index (χ3v) is 14.5. The van der Waals surface area contributed by atoms with E-state index in [1.54, 1.807) is 30.2 Å². The summed E-state index contributed by atoms with van der Waals surface area (Å²) in [4.78, 5) is 84.2. The van der Waals surface area contributed by atoms with Crippen molar-refractivity contribution in [2.24, 2.45) is 16.3 Å². The van der Waals surface area contributed by atoms with Crippen LogP contribution in [0.15, 0.2) is 59.6 Å². The quantitative estimate of drug-likeness (QED) is 0.0870. The van der Waals surface area contributed by atoms with E-state index in [0.717, 1.165) is 51.0 Å². The lowest BCUT2D eigenvalue weighted by Gasteiger charge is -2.46. The second-order valence-electron chi connectivity index (χ2n) is 19.9. The minimum absolute atomic E-state index is 0.0119. The van der Waals surface area contributed by atoms with Gasteiger partial charge < -0.3 is 38.9 Å². The first-order chi connectivity index (χ1) is 32.8. The standard InChI is InChI=1S/C52H73N9O7S/c1-14-37(45(53-16-3)35(9)67-13)47-39-25-51(10,11)30-68-31-52(29-62)21-18-22-60(56-52)49(65)40(24-43-54-41(28-69-43)36-19-20-42(38(39)23-36)59(47)17-4)55-48(64)46(32(5)6)57(12)50(66)61-33(7)26-58(27-34(61)8)44(63)15-2/h14-16,19-20,23,28-29,32-35,40,46,56H,1-2,17-18,21-22,24-27,30-31H2,3-13H3,(H,55,64)/b45-37+,53-16-/t33-,34-,35-,40-,46-,52-/m0/s1. The zero-order valence-electron chi connectivity index (χ0n) is 42.5. The van der Waals surface area contributed by atoms with Crippen molar-refractivity contribution in [1.29, 1.82) is 0 Å². The molecule has 16 nitrogen and oxygen atoms in total. The molecular weight excluding hydrogens is 895 g/mol. The number of carbonyl (C=O) groups excluding carboxylic acids is 5. The van der Waals surface area contributed by atoms with Crippen LogP contribution in [-0.4, -0.2) is 148 Å². The number of nitrogens with one attached hydrogen (secondary N) is 2. The van der Waals surface area contributed by atoms with Crippen LogP contribution in [0.5, 0.6) is 0 Å². The average Bonchev–Trinajstić information content (AvgIpc) is 3.91. The molecule has 6 rings (SSSR count). The SMILES string of the molecule is C=CC(=O)N1C[C@H](C)N(C(=O)N(C)[C@H](C(=O)N[C@H]2Cc3nc(cs3)-c3ccc4c(c3)c(c(/C(C=C)=C(/N=C\C)[C@H](C)OC)n4CC)CC(C)(C)COC[C@@]3(C=O)CCCN(N3)C2=O)C(C)C)[C@@H](C)C1. The second-order valence-corrected chi connectivity index (χ2v) is 20.9. The topological polar surface area (TPSA) is 171 Å². The third kappa shape index (κ3) is 11.1. The predicted octanol–water partition coefficient (Wildman–Crippen LogP) is 6.68. The number of rotatable bonds is 12. The third-order valence-electron chi connectivity index (χ3n) is 13.7. The first kappa shape index (κ1) is 52.9. The Labute approximate surface area is 411 Å². The number of allylic oxidation sites excluding steroid dienone is 2. The number of likely N-dealkylation sites (N-methyl/N-ethyl adjacent to an activating group) is 1. The van der Waals surface area contributed by atoms with Crippen LogP contribution in [0.4, 0.5) is 4.79 Å². The molecule has 2 N–H and O–H groups in total. The number of hydrogen-bond acceptors (Lipinski definition) is 11. The summed E-state index contributed by atoms with van der Waals surface area (Å²) < 4.78 is 14.7. The number of thiazole rings is 1. The fourth-order valence-electron chi connectivity index (χ4n) is 10.3. The molecule has 6 bridgehead atoms. The Kier molecular flexibility index (Phi) is 16.9. The molecule has 3 aliphatic heterocycles. The number of aryl methyl sites for hydroxylation is 1. The lowest BCUT2D eigenvalue weighted by Crippen LogP contribution is -2.67. The van der Waals surface area contributed by atoms with Gasteiger partial charge >= 0.3 is 6.03 Å². The van der Waals surface area contributed by atoms with Crippen molar-refractivity contribution in [2.75, 3.05) is 47.0 Å². The molecule has 5 amide bonds. The number of aldehydes is 1. The Morgan fingerprint density at radius 3 is 2.45 bits per heavy atom. The van der Waals surface area contributed by atoms with Gasteiger partial charge in [0.25, 0.3) is 5.91 Å². The highest BCUT2D eigenvalue weighted by molar-refractivity contribution is 7.10. The van der Waals surface area contributed by atoms with Gasteiger partial charge in [-0.15, -0.1) is 11.3 Å². The van der Waals surface area contributed by atoms with Crippen LogP contribution in [0, 0.1) is 11.3 Å². The zero-order valence-corrected chi connectivity index (χ0v) is 43.3. The summed E-state index contributed by atoms with van der Waals surface area (Å²) in [5, 5.41) is 8.11. The van der Waals surface area contributed by atoms with Crippen LogP contribution < -0.4 is 10.7 Å². The number of fused-ring (bicyclic) bond motifs is 6. The molecule has 3 aliphatic rings. The molecule has 3 aromatic rings. The molecule has 5 heterocycles. The number of benzene rings is 1. The molecule has 0 saturated carbocycles. The zero-order chi connectivity index (χ0) is 50.5. The van der Waals surface area contributed by atoms with Crippen LogP contribution in [0.1, 0.15) is 91.4 Å². The van der Waals surface area contributed by atoms with Gasteiger partial charge in [0.1, 0.15) is 23.9 Å². The molecule has 0 aliphatic carbocycles. The lowest BCUT2D eigenvalue weighted by atomic mass is 9.84. The van der Waals surface area contributed by atoms with Gasteiger partial charge in [0.15, 0.2) is 0 Å². The first-order valence-corrected chi connectivity index (χ1v) is 25.0. The second kappa shape index (κ2) is 22.1. The monoisotopic (exact) mass is 968 g/mol. The van der Waals surface area contributed by atoms with Crippen molar-refractivity contribution in [3.8, 4) is 11.3 Å². The van der Waals surface area contributed by atoms with Crippen molar-refractivity contribution in [1.82, 2.24) is 40.0 Å². The molecule has 1 aromatic carbocycles. The Bertz CT molecular complexity index is 2480. The number of amides is 5. The van der Waals surface area contributed by atoms with Crippen molar-refractivity contribution in [3.05, 3.63) is 70.9 Å². The van der Waals surface area contributed by atoms with Gasteiger partial charge in [0, 0.05) is 92.5 Å². The van der Waals surface area contributed by atoms with Gasteiger partial charge in [-0.1, -0.05) is 53.0 Å². The lowest BCUT2D eigenvalue weighted by molar-refractivity contribution is -0.147. The van der Waals surface area contributed by atoms with Gasteiger partial charge in [0.2, 0.25) is 11.8 Å². The molecule has 0 radical (unpaired) electrons. The van der Waals surface area contributed by atoms with Crippen LogP contribution in [0.3, 0.4) is 0 Å². The van der Waals surface area contributed by atoms with E-state index >= 15 is 0 Å². The summed E-state index contributed by atoms with van der Waals surface area (Å²) in [5.74, 6) is -1.49. The highest BCUT2D eigenvalue weighted by Crippen LogP contribution is 2.40. The van der Waals surface area contributed by atoms with Gasteiger partial charge in [-0.25, -0.2) is 15.2 Å². The maximum Gasteiger partial charge on any atom is 0.321 e. The number of hydrogen-bond donors (Lipinski definition) is 2. The summed E-state index contributed by atoms with van der Waals surface area (Å²) in [6.07, 6.45) is 7.02. The number of aromatic nitrogens is 2. The molecular formula is C52H73N9O7S. The largest absolute Gasteiger partial charge is 0.378 e. The van der Waals surface area contributed by atoms with Crippen LogP contribution in [-0.2, 0) is 48.0 Å². The van der Waals surface area contributed by atoms with Gasteiger partial charge in [-0.2, -0.15) is 0 Å². The van der Waals surface area contributed by atoms with E-state index in [1.807, 2.05) is 53.0 Å². The minimum Gasteiger partial charge on any atom is -0.378 e. The number of urea groups is 1. The Hall–Kier alpha value is -5.49. The Morgan fingerprint density at radius 1 is 1.13 bits per heavy atom. The highest BCUT2D eigenvalue weighted by Gasteiger charge is 2.43. The van der Waals surface area contributed by atoms with E-state index in [2.05, 4.69) is 67.4 Å². The number of aliphatic imine (C=N–C) groups is 1.